The van der Waals surface area contributed by atoms with E-state index in [0.29, 0.717) is 17.2 Å². The Morgan fingerprint density at radius 3 is 2.45 bits per heavy atom. The van der Waals surface area contributed by atoms with Crippen molar-refractivity contribution in [3.05, 3.63) is 98.9 Å². The second-order valence-electron chi connectivity index (χ2n) is 7.15. The number of ether oxygens (including phenoxy) is 3. The average Bonchev–Trinajstić information content (AvgIpc) is 2.82. The van der Waals surface area contributed by atoms with Crippen molar-refractivity contribution in [1.29, 1.82) is 0 Å². The van der Waals surface area contributed by atoms with Crippen LogP contribution in [0.3, 0.4) is 0 Å². The highest BCUT2D eigenvalue weighted by molar-refractivity contribution is 9.11. The summed E-state index contributed by atoms with van der Waals surface area (Å²) in [6.07, 6.45) is 4.07. The van der Waals surface area contributed by atoms with Gasteiger partial charge in [-0.2, -0.15) is 0 Å². The molecule has 0 saturated carbocycles. The minimum absolute atomic E-state index is 0.230. The first-order valence-corrected chi connectivity index (χ1v) is 11.7. The third kappa shape index (κ3) is 5.83. The third-order valence-corrected chi connectivity index (χ3v) is 6.04. The summed E-state index contributed by atoms with van der Waals surface area (Å²) in [5.41, 5.74) is 2.05. The molecule has 4 rings (SSSR count). The largest absolute Gasteiger partial charge is 0.493 e. The summed E-state index contributed by atoms with van der Waals surface area (Å²) in [6, 6.07) is 25.3. The Hall–Kier alpha value is -3.09. The molecule has 4 nitrogen and oxygen atoms in total. The van der Waals surface area contributed by atoms with E-state index in [2.05, 4.69) is 62.2 Å². The maximum Gasteiger partial charge on any atom is 0.349 e. The Kier molecular flexibility index (Phi) is 7.47. The first-order valence-electron chi connectivity index (χ1n) is 10.2. The minimum Gasteiger partial charge on any atom is -0.493 e. The van der Waals surface area contributed by atoms with Gasteiger partial charge in [0.2, 0.25) is 0 Å². The summed E-state index contributed by atoms with van der Waals surface area (Å²) in [7, 11) is 1.54. The van der Waals surface area contributed by atoms with Crippen LogP contribution in [0, 0.1) is 0 Å². The van der Waals surface area contributed by atoms with Crippen LogP contribution < -0.4 is 14.2 Å². The van der Waals surface area contributed by atoms with Crippen LogP contribution >= 0.6 is 31.9 Å². The second-order valence-corrected chi connectivity index (χ2v) is 8.92. The first-order chi connectivity index (χ1) is 16.0. The summed E-state index contributed by atoms with van der Waals surface area (Å²) in [5.74, 6) is 0.828. The molecule has 6 heteroatoms. The van der Waals surface area contributed by atoms with E-state index in [1.54, 1.807) is 19.2 Å². The molecular weight excluding hydrogens is 548 g/mol. The van der Waals surface area contributed by atoms with E-state index in [0.717, 1.165) is 20.1 Å². The quantitative estimate of drug-likeness (QED) is 0.131. The normalized spacial score (nSPS) is 11.0. The van der Waals surface area contributed by atoms with Crippen molar-refractivity contribution in [3.8, 4) is 17.2 Å². The second kappa shape index (κ2) is 10.7. The lowest BCUT2D eigenvalue weighted by Gasteiger charge is -2.11. The van der Waals surface area contributed by atoms with E-state index in [-0.39, 0.29) is 6.61 Å². The van der Waals surface area contributed by atoms with Crippen molar-refractivity contribution in [1.82, 2.24) is 0 Å². The molecule has 4 aromatic carbocycles. The van der Waals surface area contributed by atoms with Crippen molar-refractivity contribution in [2.24, 2.45) is 0 Å². The highest BCUT2D eigenvalue weighted by Gasteiger charge is 2.12. The van der Waals surface area contributed by atoms with Crippen LogP contribution in [0.2, 0.25) is 0 Å². The van der Waals surface area contributed by atoms with Gasteiger partial charge >= 0.3 is 5.97 Å². The number of carbonyl (C=O) groups excluding carboxylic acids is 1. The zero-order valence-electron chi connectivity index (χ0n) is 17.8. The molecule has 0 aromatic heterocycles. The molecule has 4 aromatic rings. The van der Waals surface area contributed by atoms with Gasteiger partial charge in [-0.05, 0) is 68.2 Å². The first kappa shape index (κ1) is 23.1. The number of hydrogen-bond acceptors (Lipinski definition) is 4. The fourth-order valence-corrected chi connectivity index (χ4v) is 4.50. The smallest absolute Gasteiger partial charge is 0.349 e. The molecule has 0 saturated heterocycles. The molecule has 0 aliphatic carbocycles. The number of benzene rings is 4. The van der Waals surface area contributed by atoms with Crippen LogP contribution in [-0.2, 0) is 4.79 Å². The van der Waals surface area contributed by atoms with E-state index in [9.17, 15) is 4.79 Å². The van der Waals surface area contributed by atoms with Gasteiger partial charge in [-0.15, -0.1) is 0 Å². The van der Waals surface area contributed by atoms with Gasteiger partial charge in [0.1, 0.15) is 5.75 Å². The van der Waals surface area contributed by atoms with E-state index in [4.69, 9.17) is 14.2 Å². The SMILES string of the molecule is COc1cc(/C=C/c2cccc3ccccc23)ccc1OC(=O)COc1ccc(Br)cc1Br. The molecule has 0 N–H and O–H groups in total. The molecule has 0 bridgehead atoms. The van der Waals surface area contributed by atoms with E-state index in [1.165, 1.54) is 10.8 Å². The van der Waals surface area contributed by atoms with Crippen molar-refractivity contribution in [3.63, 3.8) is 0 Å². The lowest BCUT2D eigenvalue weighted by atomic mass is 10.0. The maximum atomic E-state index is 12.3. The third-order valence-electron chi connectivity index (χ3n) is 4.93. The number of rotatable bonds is 7. The van der Waals surface area contributed by atoms with Gasteiger partial charge in [-0.3, -0.25) is 0 Å². The molecule has 0 aliphatic rings. The number of methoxy groups -OCH3 is 1. The molecule has 166 valence electrons. The van der Waals surface area contributed by atoms with Gasteiger partial charge in [-0.1, -0.05) is 76.6 Å². The van der Waals surface area contributed by atoms with Gasteiger partial charge in [0, 0.05) is 4.47 Å². The Balaban J connectivity index is 1.45. The van der Waals surface area contributed by atoms with E-state index >= 15 is 0 Å². The fraction of sp³-hybridized carbons (Fsp3) is 0.0741. The van der Waals surface area contributed by atoms with Gasteiger partial charge in [0.05, 0.1) is 11.6 Å². The zero-order chi connectivity index (χ0) is 23.2. The van der Waals surface area contributed by atoms with Crippen molar-refractivity contribution in [2.75, 3.05) is 13.7 Å². The molecule has 0 unspecified atom stereocenters. The zero-order valence-corrected chi connectivity index (χ0v) is 20.9. The van der Waals surface area contributed by atoms with Crippen LogP contribution in [0.5, 0.6) is 17.2 Å². The number of esters is 1. The summed E-state index contributed by atoms with van der Waals surface area (Å²) in [5, 5.41) is 2.38. The molecule has 33 heavy (non-hydrogen) atoms. The van der Waals surface area contributed by atoms with E-state index in [1.807, 2.05) is 48.5 Å². The van der Waals surface area contributed by atoms with Crippen LogP contribution in [0.25, 0.3) is 22.9 Å². The predicted octanol–water partition coefficient (Wildman–Crippen LogP) is 7.53. The summed E-state index contributed by atoms with van der Waals surface area (Å²) >= 11 is 6.79. The van der Waals surface area contributed by atoms with Gasteiger partial charge in [-0.25, -0.2) is 4.79 Å². The van der Waals surface area contributed by atoms with Crippen LogP contribution in [0.15, 0.2) is 87.8 Å². The van der Waals surface area contributed by atoms with Crippen molar-refractivity contribution < 1.29 is 19.0 Å². The number of hydrogen-bond donors (Lipinski definition) is 0. The predicted molar refractivity (Wildman–Crippen MR) is 139 cm³/mol. The van der Waals surface area contributed by atoms with Crippen LogP contribution in [-0.4, -0.2) is 19.7 Å². The number of fused-ring (bicyclic) bond motifs is 1. The Morgan fingerprint density at radius 2 is 1.64 bits per heavy atom. The average molecular weight is 568 g/mol. The molecular formula is C27H20Br2O4. The summed E-state index contributed by atoms with van der Waals surface area (Å²) in [6.45, 7) is -0.230. The number of halogens is 2. The van der Waals surface area contributed by atoms with Gasteiger partial charge in [0.15, 0.2) is 18.1 Å². The summed E-state index contributed by atoms with van der Waals surface area (Å²) in [4.78, 5) is 12.3. The molecule has 0 radical (unpaired) electrons. The van der Waals surface area contributed by atoms with Gasteiger partial charge < -0.3 is 14.2 Å². The highest BCUT2D eigenvalue weighted by Crippen LogP contribution is 2.31. The minimum atomic E-state index is -0.526. The monoisotopic (exact) mass is 566 g/mol. The lowest BCUT2D eigenvalue weighted by Crippen LogP contribution is -2.18. The Labute approximate surface area is 209 Å². The molecule has 0 aliphatic heterocycles. The number of carbonyl (C=O) groups is 1. The van der Waals surface area contributed by atoms with Gasteiger partial charge in [0.25, 0.3) is 0 Å². The van der Waals surface area contributed by atoms with Crippen LogP contribution in [0.4, 0.5) is 0 Å². The molecule has 0 atom stereocenters. The Bertz CT molecular complexity index is 1330. The van der Waals surface area contributed by atoms with Crippen LogP contribution in [0.1, 0.15) is 11.1 Å². The lowest BCUT2D eigenvalue weighted by molar-refractivity contribution is -0.136. The van der Waals surface area contributed by atoms with Crippen molar-refractivity contribution >= 4 is 60.8 Å². The summed E-state index contributed by atoms with van der Waals surface area (Å²) < 4.78 is 18.1. The fourth-order valence-electron chi connectivity index (χ4n) is 3.34. The molecule has 0 fully saturated rings. The molecule has 0 amide bonds. The highest BCUT2D eigenvalue weighted by atomic mass is 79.9. The molecule has 0 spiro atoms. The standard InChI is InChI=1S/C27H20Br2O4/c1-31-26-15-18(9-11-20-7-4-6-19-5-2-3-8-22(19)20)10-13-25(26)33-27(30)17-32-24-14-12-21(28)16-23(24)29/h2-16H,17H2,1H3/b11-9+. The van der Waals surface area contributed by atoms with E-state index < -0.39 is 5.97 Å². The van der Waals surface area contributed by atoms with Crippen molar-refractivity contribution in [2.45, 2.75) is 0 Å². The maximum absolute atomic E-state index is 12.3. The molecule has 0 heterocycles. The Morgan fingerprint density at radius 1 is 0.848 bits per heavy atom. The topological polar surface area (TPSA) is 44.8 Å².